The molecule has 0 aliphatic carbocycles. The van der Waals surface area contributed by atoms with Crippen molar-refractivity contribution >= 4 is 0 Å². The van der Waals surface area contributed by atoms with Crippen molar-refractivity contribution < 1.29 is 0 Å². The Hall–Kier alpha value is -0.950. The highest BCUT2D eigenvalue weighted by Gasteiger charge is 1.08. The average Bonchev–Trinajstić information content (AvgIpc) is 1.37. The fraction of sp³-hybridized carbons (Fsp3) is 0. The maximum atomic E-state index is 5.85. The molecule has 0 atom stereocenters. The van der Waals surface area contributed by atoms with Crippen molar-refractivity contribution in [3.8, 4) is 6.04 Å². The van der Waals surface area contributed by atoms with Gasteiger partial charge in [0.05, 0.1) is 0 Å². The first-order valence-corrected chi connectivity index (χ1v) is 0.697. The number of hydrogen-bond donors (Lipinski definition) is 0. The molecule has 0 rings (SSSR count). The Kier molecular flexibility index (Phi) is 1.56. The van der Waals surface area contributed by atoms with Crippen LogP contribution in [0.1, 0.15) is 0 Å². The number of nitrogens with zero attached hydrogens (tertiary/aromatic N) is 1. The first-order chi connectivity index (χ1) is 1.91. The summed E-state index contributed by atoms with van der Waals surface area (Å²) in [6, 6.07) is 1.47. The lowest BCUT2D eigenvalue weighted by molar-refractivity contribution is 2.25. The molecule has 0 radical (unpaired) electrons. The molecule has 0 aromatic rings. The van der Waals surface area contributed by atoms with Gasteiger partial charge in [-0.3, -0.25) is 0 Å². The van der Waals surface area contributed by atoms with E-state index in [0.717, 1.165) is 0 Å². The van der Waals surface area contributed by atoms with E-state index in [1.807, 2.05) is 0 Å². The largest absolute Gasteiger partial charge is 0.740 e. The third-order valence-corrected chi connectivity index (χ3v) is 0.0559. The Morgan fingerprint density at radius 1 is 1.75 bits per heavy atom. The molecule has 0 aliphatic heterocycles. The van der Waals surface area contributed by atoms with Gasteiger partial charge in [-0.15, -0.1) is 6.04 Å². The molecule has 0 fully saturated rings. The molecule has 0 aliphatic rings. The van der Waals surface area contributed by atoms with Gasteiger partial charge in [-0.25, -0.2) is 4.85 Å². The molecule has 18 valence electrons. The summed E-state index contributed by atoms with van der Waals surface area (Å²) in [5, 5.41) is 0. The Bertz CT molecular complexity index is 58.3. The molecule has 0 heterocycles. The summed E-state index contributed by atoms with van der Waals surface area (Å²) in [7, 11) is 0. The van der Waals surface area contributed by atoms with Crippen LogP contribution in [0.5, 0.6) is 0 Å². The van der Waals surface area contributed by atoms with Crippen LogP contribution >= 0.6 is 0 Å². The zero-order valence-corrected chi connectivity index (χ0v) is 1.95. The van der Waals surface area contributed by atoms with Gasteiger partial charge in [0.15, 0.2) is 0 Å². The van der Waals surface area contributed by atoms with Gasteiger partial charge in [0.1, 0.15) is 6.57 Å². The molecule has 0 aromatic carbocycles. The van der Waals surface area contributed by atoms with Crippen LogP contribution in [0.25, 0.3) is 4.85 Å². The van der Waals surface area contributed by atoms with E-state index in [2.05, 4.69) is 4.85 Å². The van der Waals surface area contributed by atoms with E-state index in [9.17, 15) is 0 Å². The van der Waals surface area contributed by atoms with Crippen molar-refractivity contribution in [1.82, 2.24) is 0 Å². The van der Waals surface area contributed by atoms with E-state index in [1.54, 1.807) is 0 Å². The minimum Gasteiger partial charge on any atom is -0.740 e. The van der Waals surface area contributed by atoms with Gasteiger partial charge in [0.25, 0.3) is 0 Å². The van der Waals surface area contributed by atoms with Crippen molar-refractivity contribution in [2.75, 3.05) is 0 Å². The Morgan fingerprint density at radius 2 is 2.00 bits per heavy atom. The van der Waals surface area contributed by atoms with Gasteiger partial charge in [0.2, 0.25) is 0 Å². The Morgan fingerprint density at radius 3 is 2.00 bits per heavy atom. The van der Waals surface area contributed by atoms with E-state index < -0.39 is 0 Å². The molecule has 4 heavy (non-hydrogen) atoms. The van der Waals surface area contributed by atoms with E-state index in [1.165, 1.54) is 6.04 Å². The lowest BCUT2D eigenvalue weighted by Crippen LogP contribution is -1.14. The second kappa shape index (κ2) is 2.05. The smallest absolute Gasteiger partial charge is 0.102 e. The summed E-state index contributed by atoms with van der Waals surface area (Å²) >= 11 is 0. The molecule has 0 bridgehead atoms. The summed E-state index contributed by atoms with van der Waals surface area (Å²) < 4.78 is 0. The second-order valence-corrected chi connectivity index (χ2v) is 0.224. The number of hydrogen-bond acceptors (Lipinski definition) is 0. The van der Waals surface area contributed by atoms with Gasteiger partial charge in [0, 0.05) is 0 Å². The second-order valence-electron chi connectivity index (χ2n) is 0.224. The van der Waals surface area contributed by atoms with Gasteiger partial charge in [-0.1, -0.05) is 0 Å². The van der Waals surface area contributed by atoms with E-state index in [0.29, 0.717) is 0 Å². The van der Waals surface area contributed by atoms with Crippen LogP contribution in [0.15, 0.2) is 0 Å². The predicted octanol–water partition coefficient (Wildman–Crippen LogP) is 0.453. The van der Waals surface area contributed by atoms with Crippen LogP contribution in [0.4, 0.5) is 0 Å². The van der Waals surface area contributed by atoms with E-state index in [4.69, 9.17) is 13.0 Å². The molecule has 0 saturated carbocycles. The topological polar surface area (TPSA) is 4.36 Å². The lowest BCUT2D eigenvalue weighted by Gasteiger charge is -1.50. The molecule has 1 nitrogen and oxygen atoms in total. The Balaban J connectivity index is 3.14. The molecular weight excluding hydrogens is 50.0 g/mol. The normalized spacial score (nSPS) is 2.50. The predicted molar refractivity (Wildman–Crippen MR) is 13.7 cm³/mol. The van der Waals surface area contributed by atoms with Crippen molar-refractivity contribution in [2.45, 2.75) is 0 Å². The molecule has 0 saturated heterocycles. The van der Waals surface area contributed by atoms with Crippen LogP contribution < -0.4 is 0 Å². The molecule has 1 heteroatoms. The minimum atomic E-state index is 1.47. The fourth-order valence-electron chi connectivity index (χ4n) is 0. The van der Waals surface area contributed by atoms with Gasteiger partial charge >= 0.3 is 0 Å². The fourth-order valence-corrected chi connectivity index (χ4v) is 0. The quantitative estimate of drug-likeness (QED) is 0.277. The van der Waals surface area contributed by atoms with Crippen LogP contribution in [0.2, 0.25) is 0 Å². The van der Waals surface area contributed by atoms with E-state index >= 15 is 0 Å². The van der Waals surface area contributed by atoms with Gasteiger partial charge < -0.3 is 6.42 Å². The lowest BCUT2D eigenvalue weighted by atomic mass is 11.2. The van der Waals surface area contributed by atoms with Crippen molar-refractivity contribution in [2.24, 2.45) is 0 Å². The number of rotatable bonds is 0. The van der Waals surface area contributed by atoms with Crippen LogP contribution in [0, 0.1) is 19.0 Å². The van der Waals surface area contributed by atoms with Crippen molar-refractivity contribution in [3.63, 3.8) is 0 Å². The maximum absolute atomic E-state index is 5.85. The monoisotopic (exact) mass is 50.0 g/mol. The standard InChI is InChI=1S/C3N/c1-3-4-2/q-1. The SMILES string of the molecule is [C-]#C[N+]#[C-]. The first kappa shape index (κ1) is 3.05. The zero-order chi connectivity index (χ0) is 3.41. The molecule has 0 N–H and O–H groups in total. The maximum Gasteiger partial charge on any atom is 0.102 e. The highest BCUT2D eigenvalue weighted by molar-refractivity contribution is 4.86. The summed E-state index contributed by atoms with van der Waals surface area (Å²) in [6.07, 6.45) is 5.85. The Labute approximate surface area is 25.1 Å². The summed E-state index contributed by atoms with van der Waals surface area (Å²) in [5.74, 6) is 0. The minimum absolute atomic E-state index is 1.47. The summed E-state index contributed by atoms with van der Waals surface area (Å²) in [4.78, 5) is 2.40. The highest BCUT2D eigenvalue weighted by Crippen LogP contribution is 1.41. The van der Waals surface area contributed by atoms with Crippen molar-refractivity contribution in [1.29, 1.82) is 0 Å². The highest BCUT2D eigenvalue weighted by atomic mass is 14.6. The first-order valence-electron chi connectivity index (χ1n) is 0.697. The molecule has 0 aromatic heterocycles. The van der Waals surface area contributed by atoms with Crippen LogP contribution in [-0.2, 0) is 0 Å². The summed E-state index contributed by atoms with van der Waals surface area (Å²) in [6.45, 7) is 5.78. The molecule has 0 amide bonds. The molecule has 0 spiro atoms. The third kappa shape index (κ3) is 1.05. The summed E-state index contributed by atoms with van der Waals surface area (Å²) in [5.41, 5.74) is 0. The van der Waals surface area contributed by atoms with Crippen LogP contribution in [-0.4, -0.2) is 0 Å². The third-order valence-electron chi connectivity index (χ3n) is 0.0559. The average molecular weight is 50.0 g/mol. The zero-order valence-electron chi connectivity index (χ0n) is 1.95. The van der Waals surface area contributed by atoms with Gasteiger partial charge in [-0.05, 0) is 0 Å². The van der Waals surface area contributed by atoms with Gasteiger partial charge in [-0.2, -0.15) is 0 Å². The van der Waals surface area contributed by atoms with Crippen molar-refractivity contribution in [3.05, 3.63) is 17.8 Å². The van der Waals surface area contributed by atoms with Crippen LogP contribution in [0.3, 0.4) is 0 Å². The molecular formula is C3N-. The van der Waals surface area contributed by atoms with E-state index in [-0.39, 0.29) is 0 Å². The molecule has 0 unspecified atom stereocenters.